The van der Waals surface area contributed by atoms with Crippen LogP contribution in [0.25, 0.3) is 0 Å². The second-order valence-electron chi connectivity index (χ2n) is 7.10. The van der Waals surface area contributed by atoms with Gasteiger partial charge in [0, 0.05) is 5.02 Å². The van der Waals surface area contributed by atoms with Gasteiger partial charge in [0.05, 0.1) is 0 Å². The van der Waals surface area contributed by atoms with Crippen LogP contribution < -0.4 is 20.3 Å². The third kappa shape index (κ3) is 6.66. The molecular weight excluding hydrogens is 404 g/mol. The number of benzene rings is 2. The molecular formula is C23H29ClN2O4. The van der Waals surface area contributed by atoms with Crippen molar-refractivity contribution in [2.24, 2.45) is 0 Å². The number of nitrogens with one attached hydrogen (secondary N) is 2. The minimum atomic E-state index is -0.727. The lowest BCUT2D eigenvalue weighted by molar-refractivity contribution is -0.134. The Morgan fingerprint density at radius 1 is 1.03 bits per heavy atom. The van der Waals surface area contributed by atoms with Crippen molar-refractivity contribution >= 4 is 23.4 Å². The molecule has 2 rings (SSSR count). The predicted octanol–water partition coefficient (Wildman–Crippen LogP) is 4.55. The van der Waals surface area contributed by atoms with E-state index in [0.717, 1.165) is 17.5 Å². The first-order valence-electron chi connectivity index (χ1n) is 10.1. The van der Waals surface area contributed by atoms with E-state index in [1.807, 2.05) is 38.1 Å². The van der Waals surface area contributed by atoms with Crippen LogP contribution in [-0.2, 0) is 9.59 Å². The van der Waals surface area contributed by atoms with Gasteiger partial charge in [0.25, 0.3) is 11.8 Å². The van der Waals surface area contributed by atoms with E-state index in [-0.39, 0.29) is 6.61 Å². The second-order valence-corrected chi connectivity index (χ2v) is 7.53. The van der Waals surface area contributed by atoms with E-state index < -0.39 is 17.9 Å². The van der Waals surface area contributed by atoms with Gasteiger partial charge in [-0.25, -0.2) is 0 Å². The Balaban J connectivity index is 1.89. The fraction of sp³-hybridized carbons (Fsp3) is 0.391. The predicted molar refractivity (Wildman–Crippen MR) is 118 cm³/mol. The number of aryl methyl sites for hydroxylation is 1. The van der Waals surface area contributed by atoms with E-state index in [9.17, 15) is 9.59 Å². The third-order valence-electron chi connectivity index (χ3n) is 4.82. The molecule has 0 saturated heterocycles. The fourth-order valence-electron chi connectivity index (χ4n) is 2.86. The Kier molecular flexibility index (Phi) is 8.99. The lowest BCUT2D eigenvalue weighted by atomic mass is 9.98. The molecule has 6 nitrogen and oxygen atoms in total. The van der Waals surface area contributed by atoms with Crippen molar-refractivity contribution in [2.75, 3.05) is 6.61 Å². The molecule has 2 amide bonds. The zero-order chi connectivity index (χ0) is 22.1. The van der Waals surface area contributed by atoms with Gasteiger partial charge in [-0.05, 0) is 61.1 Å². The van der Waals surface area contributed by atoms with Crippen molar-refractivity contribution in [2.45, 2.75) is 52.6 Å². The minimum Gasteiger partial charge on any atom is -0.483 e. The normalized spacial score (nSPS) is 12.6. The van der Waals surface area contributed by atoms with Crippen molar-refractivity contribution in [1.82, 2.24) is 10.9 Å². The molecule has 0 bridgehead atoms. The number of hydrazine groups is 1. The third-order valence-corrected chi connectivity index (χ3v) is 5.05. The molecule has 2 atom stereocenters. The van der Waals surface area contributed by atoms with Crippen LogP contribution in [0.1, 0.15) is 50.7 Å². The SMILES string of the molecule is CCC(Oc1ccccc1C(C)CC)C(=O)NNC(=O)COc1ccc(Cl)cc1C. The molecule has 2 aromatic rings. The molecule has 0 aliphatic heterocycles. The topological polar surface area (TPSA) is 76.7 Å². The van der Waals surface area contributed by atoms with Crippen LogP contribution in [0.15, 0.2) is 42.5 Å². The number of rotatable bonds is 9. The maximum atomic E-state index is 12.5. The summed E-state index contributed by atoms with van der Waals surface area (Å²) in [6.45, 7) is 7.67. The van der Waals surface area contributed by atoms with Crippen molar-refractivity contribution < 1.29 is 19.1 Å². The Morgan fingerprint density at radius 2 is 1.77 bits per heavy atom. The monoisotopic (exact) mass is 432 g/mol. The molecule has 2 unspecified atom stereocenters. The quantitative estimate of drug-likeness (QED) is 0.570. The number of para-hydroxylation sites is 1. The van der Waals surface area contributed by atoms with Gasteiger partial charge in [-0.15, -0.1) is 0 Å². The van der Waals surface area contributed by atoms with Gasteiger partial charge < -0.3 is 9.47 Å². The summed E-state index contributed by atoms with van der Waals surface area (Å²) in [6.07, 6.45) is 0.693. The van der Waals surface area contributed by atoms with Crippen LogP contribution in [0.4, 0.5) is 0 Å². The van der Waals surface area contributed by atoms with Crippen molar-refractivity contribution in [3.63, 3.8) is 0 Å². The lowest BCUT2D eigenvalue weighted by Crippen LogP contribution is -2.49. The van der Waals surface area contributed by atoms with Crippen molar-refractivity contribution in [1.29, 1.82) is 0 Å². The number of hydrogen-bond acceptors (Lipinski definition) is 4. The highest BCUT2D eigenvalue weighted by molar-refractivity contribution is 6.30. The molecule has 2 N–H and O–H groups in total. The largest absolute Gasteiger partial charge is 0.483 e. The van der Waals surface area contributed by atoms with Gasteiger partial charge in [0.2, 0.25) is 0 Å². The second kappa shape index (κ2) is 11.5. The summed E-state index contributed by atoms with van der Waals surface area (Å²) < 4.78 is 11.4. The molecule has 0 radical (unpaired) electrons. The minimum absolute atomic E-state index is 0.239. The maximum absolute atomic E-state index is 12.5. The number of carbonyl (C=O) groups is 2. The van der Waals surface area contributed by atoms with Crippen LogP contribution in [-0.4, -0.2) is 24.5 Å². The van der Waals surface area contributed by atoms with Crippen LogP contribution >= 0.6 is 11.6 Å². The van der Waals surface area contributed by atoms with Gasteiger partial charge in [-0.1, -0.05) is 50.6 Å². The summed E-state index contributed by atoms with van der Waals surface area (Å²) in [5.74, 6) is 0.647. The summed E-state index contributed by atoms with van der Waals surface area (Å²) in [7, 11) is 0. The molecule has 162 valence electrons. The Bertz CT molecular complexity index is 872. The fourth-order valence-corrected chi connectivity index (χ4v) is 3.08. The van der Waals surface area contributed by atoms with Crippen LogP contribution in [0.3, 0.4) is 0 Å². The maximum Gasteiger partial charge on any atom is 0.279 e. The first-order valence-corrected chi connectivity index (χ1v) is 10.5. The average molecular weight is 433 g/mol. The summed E-state index contributed by atoms with van der Waals surface area (Å²) >= 11 is 5.91. The van der Waals surface area contributed by atoms with Crippen LogP contribution in [0.2, 0.25) is 5.02 Å². The van der Waals surface area contributed by atoms with E-state index in [1.165, 1.54) is 0 Å². The van der Waals surface area contributed by atoms with Gasteiger partial charge in [0.15, 0.2) is 12.7 Å². The lowest BCUT2D eigenvalue weighted by Gasteiger charge is -2.21. The summed E-state index contributed by atoms with van der Waals surface area (Å²) in [6, 6.07) is 12.8. The summed E-state index contributed by atoms with van der Waals surface area (Å²) in [5, 5.41) is 0.595. The molecule has 0 aromatic heterocycles. The van der Waals surface area contributed by atoms with E-state index in [2.05, 4.69) is 24.7 Å². The molecule has 0 aliphatic carbocycles. The van der Waals surface area contributed by atoms with Gasteiger partial charge in [0.1, 0.15) is 11.5 Å². The highest BCUT2D eigenvalue weighted by Gasteiger charge is 2.21. The Morgan fingerprint density at radius 3 is 2.43 bits per heavy atom. The molecule has 0 spiro atoms. The van der Waals surface area contributed by atoms with E-state index in [0.29, 0.717) is 28.9 Å². The summed E-state index contributed by atoms with van der Waals surface area (Å²) in [4.78, 5) is 24.5. The smallest absolute Gasteiger partial charge is 0.279 e. The molecule has 7 heteroatoms. The number of ether oxygens (including phenoxy) is 2. The highest BCUT2D eigenvalue weighted by atomic mass is 35.5. The molecule has 30 heavy (non-hydrogen) atoms. The van der Waals surface area contributed by atoms with Gasteiger partial charge >= 0.3 is 0 Å². The molecule has 2 aromatic carbocycles. The number of halogens is 1. The molecule has 0 saturated carbocycles. The average Bonchev–Trinajstić information content (AvgIpc) is 2.74. The molecule has 0 heterocycles. The zero-order valence-corrected chi connectivity index (χ0v) is 18.6. The van der Waals surface area contributed by atoms with Crippen molar-refractivity contribution in [3.05, 3.63) is 58.6 Å². The highest BCUT2D eigenvalue weighted by Crippen LogP contribution is 2.29. The zero-order valence-electron chi connectivity index (χ0n) is 17.8. The molecule has 0 aliphatic rings. The molecule has 0 fully saturated rings. The summed E-state index contributed by atoms with van der Waals surface area (Å²) in [5.41, 5.74) is 6.65. The van der Waals surface area contributed by atoms with Gasteiger partial charge in [-0.3, -0.25) is 20.4 Å². The van der Waals surface area contributed by atoms with E-state index in [1.54, 1.807) is 18.2 Å². The standard InChI is InChI=1S/C23H29ClN2O4/c1-5-15(3)18-9-7-8-10-21(18)30-19(6-2)23(28)26-25-22(27)14-29-20-12-11-17(24)13-16(20)4/h7-13,15,19H,5-6,14H2,1-4H3,(H,25,27)(H,26,28). The first-order chi connectivity index (χ1) is 14.3. The first kappa shape index (κ1) is 23.5. The number of hydrogen-bond donors (Lipinski definition) is 2. The van der Waals surface area contributed by atoms with E-state index in [4.69, 9.17) is 21.1 Å². The van der Waals surface area contributed by atoms with Crippen molar-refractivity contribution in [3.8, 4) is 11.5 Å². The Labute approximate surface area is 182 Å². The Hall–Kier alpha value is -2.73. The number of carbonyl (C=O) groups excluding carboxylic acids is 2. The number of amides is 2. The van der Waals surface area contributed by atoms with Crippen LogP contribution in [0, 0.1) is 6.92 Å². The van der Waals surface area contributed by atoms with E-state index >= 15 is 0 Å². The van der Waals surface area contributed by atoms with Gasteiger partial charge in [-0.2, -0.15) is 0 Å². The van der Waals surface area contributed by atoms with Crippen LogP contribution in [0.5, 0.6) is 11.5 Å².